The Hall–Kier alpha value is -0.690. The molecule has 3 aliphatic rings. The van der Waals surface area contributed by atoms with Crippen LogP contribution in [0.2, 0.25) is 0 Å². The van der Waals surface area contributed by atoms with E-state index >= 15 is 0 Å². The number of allylic oxidation sites excluding steroid dienone is 7. The molecule has 3 rings (SSSR count). The second-order valence-corrected chi connectivity index (χ2v) is 5.95. The van der Waals surface area contributed by atoms with E-state index in [0.29, 0.717) is 0 Å². The van der Waals surface area contributed by atoms with Crippen LogP contribution < -0.4 is 0 Å². The van der Waals surface area contributed by atoms with Crippen molar-refractivity contribution in [1.29, 1.82) is 0 Å². The first-order valence-corrected chi connectivity index (χ1v) is 7.33. The van der Waals surface area contributed by atoms with Gasteiger partial charge in [0, 0.05) is 4.91 Å². The number of thioether (sulfide) groups is 1. The third-order valence-electron chi connectivity index (χ3n) is 4.40. The Morgan fingerprint density at radius 1 is 0.938 bits per heavy atom. The van der Waals surface area contributed by atoms with Crippen molar-refractivity contribution >= 4 is 11.8 Å². The fourth-order valence-electron chi connectivity index (χ4n) is 3.53. The molecule has 1 fully saturated rings. The number of hydrogen-bond donors (Lipinski definition) is 0. The molecule has 5 atom stereocenters. The van der Waals surface area contributed by atoms with Gasteiger partial charge in [-0.1, -0.05) is 49.5 Å². The maximum absolute atomic E-state index is 2.50. The fourth-order valence-corrected chi connectivity index (χ4v) is 4.04. The van der Waals surface area contributed by atoms with E-state index in [1.54, 1.807) is 0 Å². The normalized spacial score (nSPS) is 44.1. The molecular formula is C15H18S. The summed E-state index contributed by atoms with van der Waals surface area (Å²) < 4.78 is 0. The SMILES string of the molecule is CSC1=CC2C(C=C1)C(C)C1C=CC=CC12. The van der Waals surface area contributed by atoms with Gasteiger partial charge in [-0.25, -0.2) is 0 Å². The molecule has 0 aromatic rings. The van der Waals surface area contributed by atoms with Crippen LogP contribution in [0.4, 0.5) is 0 Å². The van der Waals surface area contributed by atoms with Gasteiger partial charge in [0.1, 0.15) is 0 Å². The summed E-state index contributed by atoms with van der Waals surface area (Å²) in [6.45, 7) is 2.41. The second-order valence-electron chi connectivity index (χ2n) is 5.07. The molecule has 0 saturated heterocycles. The molecule has 0 spiro atoms. The molecule has 0 amide bonds. The van der Waals surface area contributed by atoms with Crippen LogP contribution >= 0.6 is 11.8 Å². The highest BCUT2D eigenvalue weighted by Crippen LogP contribution is 2.51. The summed E-state index contributed by atoms with van der Waals surface area (Å²) in [5.41, 5.74) is 0. The predicted molar refractivity (Wildman–Crippen MR) is 72.1 cm³/mol. The molecule has 0 aromatic carbocycles. The molecule has 84 valence electrons. The summed E-state index contributed by atoms with van der Waals surface area (Å²) >= 11 is 1.87. The van der Waals surface area contributed by atoms with Crippen molar-refractivity contribution in [3.63, 3.8) is 0 Å². The molecule has 0 bridgehead atoms. The molecule has 1 heteroatoms. The zero-order valence-electron chi connectivity index (χ0n) is 9.84. The summed E-state index contributed by atoms with van der Waals surface area (Å²) in [7, 11) is 0. The lowest BCUT2D eigenvalue weighted by Gasteiger charge is -2.23. The van der Waals surface area contributed by atoms with Gasteiger partial charge in [-0.05, 0) is 35.8 Å². The van der Waals surface area contributed by atoms with E-state index in [0.717, 1.165) is 29.6 Å². The molecule has 1 saturated carbocycles. The molecular weight excluding hydrogens is 212 g/mol. The summed E-state index contributed by atoms with van der Waals surface area (Å²) in [6, 6.07) is 0. The van der Waals surface area contributed by atoms with E-state index in [2.05, 4.69) is 55.7 Å². The minimum atomic E-state index is 0.730. The largest absolute Gasteiger partial charge is 0.130 e. The van der Waals surface area contributed by atoms with Gasteiger partial charge < -0.3 is 0 Å². The third-order valence-corrected chi connectivity index (χ3v) is 5.14. The minimum Gasteiger partial charge on any atom is -0.130 e. The quantitative estimate of drug-likeness (QED) is 0.655. The molecule has 0 radical (unpaired) electrons. The lowest BCUT2D eigenvalue weighted by Crippen LogP contribution is -2.15. The van der Waals surface area contributed by atoms with Gasteiger partial charge in [0.25, 0.3) is 0 Å². The molecule has 0 N–H and O–H groups in total. The number of fused-ring (bicyclic) bond motifs is 3. The highest BCUT2D eigenvalue weighted by atomic mass is 32.2. The first kappa shape index (κ1) is 10.5. The van der Waals surface area contributed by atoms with E-state index in [9.17, 15) is 0 Å². The van der Waals surface area contributed by atoms with E-state index < -0.39 is 0 Å². The van der Waals surface area contributed by atoms with Crippen molar-refractivity contribution in [2.45, 2.75) is 6.92 Å². The fraction of sp³-hybridized carbons (Fsp3) is 0.467. The summed E-state index contributed by atoms with van der Waals surface area (Å²) in [5, 5.41) is 0. The Morgan fingerprint density at radius 2 is 1.62 bits per heavy atom. The first-order chi connectivity index (χ1) is 7.81. The van der Waals surface area contributed by atoms with Gasteiger partial charge in [-0.3, -0.25) is 0 Å². The lowest BCUT2D eigenvalue weighted by molar-refractivity contribution is 0.415. The van der Waals surface area contributed by atoms with E-state index in [1.807, 2.05) is 11.8 Å². The molecule has 0 nitrogen and oxygen atoms in total. The smallest absolute Gasteiger partial charge is 0.00293 e. The van der Waals surface area contributed by atoms with Crippen molar-refractivity contribution in [2.75, 3.05) is 6.26 Å². The highest BCUT2D eigenvalue weighted by Gasteiger charge is 2.45. The number of hydrogen-bond acceptors (Lipinski definition) is 1. The van der Waals surface area contributed by atoms with Gasteiger partial charge in [-0.2, -0.15) is 0 Å². The standard InChI is InChI=1S/C15H18S/c1-10-12-5-3-4-6-14(12)15-9-11(16-2)7-8-13(10)15/h3-10,12-15H,1-2H3. The van der Waals surface area contributed by atoms with Crippen LogP contribution in [0.1, 0.15) is 6.92 Å². The zero-order chi connectivity index (χ0) is 11.1. The van der Waals surface area contributed by atoms with Crippen molar-refractivity contribution in [2.24, 2.45) is 29.6 Å². The Kier molecular flexibility index (Phi) is 2.59. The number of rotatable bonds is 1. The summed E-state index contributed by atoms with van der Waals surface area (Å²) in [5.74, 6) is 3.75. The van der Waals surface area contributed by atoms with E-state index in [-0.39, 0.29) is 0 Å². The monoisotopic (exact) mass is 230 g/mol. The highest BCUT2D eigenvalue weighted by molar-refractivity contribution is 8.02. The van der Waals surface area contributed by atoms with Crippen molar-refractivity contribution in [1.82, 2.24) is 0 Å². The van der Waals surface area contributed by atoms with Crippen molar-refractivity contribution in [3.8, 4) is 0 Å². The van der Waals surface area contributed by atoms with Crippen LogP contribution in [-0.2, 0) is 0 Å². The Labute approximate surface area is 102 Å². The molecule has 0 heterocycles. The molecule has 3 aliphatic carbocycles. The van der Waals surface area contributed by atoms with Crippen LogP contribution in [0, 0.1) is 29.6 Å². The molecule has 5 unspecified atom stereocenters. The minimum absolute atomic E-state index is 0.730. The van der Waals surface area contributed by atoms with Crippen LogP contribution in [-0.4, -0.2) is 6.26 Å². The van der Waals surface area contributed by atoms with Crippen LogP contribution in [0.5, 0.6) is 0 Å². The molecule has 0 aliphatic heterocycles. The van der Waals surface area contributed by atoms with E-state index in [4.69, 9.17) is 0 Å². The van der Waals surface area contributed by atoms with Gasteiger partial charge in [-0.15, -0.1) is 11.8 Å². The Balaban J connectivity index is 1.96. The maximum atomic E-state index is 2.50. The molecule has 16 heavy (non-hydrogen) atoms. The third kappa shape index (κ3) is 1.45. The summed E-state index contributed by atoms with van der Waals surface area (Å²) in [6.07, 6.45) is 18.7. The predicted octanol–water partition coefficient (Wildman–Crippen LogP) is 4.04. The Morgan fingerprint density at radius 3 is 2.38 bits per heavy atom. The van der Waals surface area contributed by atoms with Gasteiger partial charge >= 0.3 is 0 Å². The average molecular weight is 230 g/mol. The van der Waals surface area contributed by atoms with Crippen molar-refractivity contribution < 1.29 is 0 Å². The summed E-state index contributed by atoms with van der Waals surface area (Å²) in [4.78, 5) is 1.44. The average Bonchev–Trinajstić information content (AvgIpc) is 2.64. The lowest BCUT2D eigenvalue weighted by atomic mass is 9.83. The van der Waals surface area contributed by atoms with Gasteiger partial charge in [0.05, 0.1) is 0 Å². The van der Waals surface area contributed by atoms with Gasteiger partial charge in [0.15, 0.2) is 0 Å². The van der Waals surface area contributed by atoms with Gasteiger partial charge in [0.2, 0.25) is 0 Å². The molecule has 0 aromatic heterocycles. The topological polar surface area (TPSA) is 0 Å². The first-order valence-electron chi connectivity index (χ1n) is 6.10. The van der Waals surface area contributed by atoms with E-state index in [1.165, 1.54) is 4.91 Å². The van der Waals surface area contributed by atoms with Crippen LogP contribution in [0.15, 0.2) is 47.4 Å². The maximum Gasteiger partial charge on any atom is 0.00293 e. The second kappa shape index (κ2) is 3.96. The van der Waals surface area contributed by atoms with Crippen LogP contribution in [0.25, 0.3) is 0 Å². The zero-order valence-corrected chi connectivity index (χ0v) is 10.7. The Bertz CT molecular complexity index is 400. The van der Waals surface area contributed by atoms with Crippen LogP contribution in [0.3, 0.4) is 0 Å². The van der Waals surface area contributed by atoms with Crippen molar-refractivity contribution in [3.05, 3.63) is 47.4 Å².